The van der Waals surface area contributed by atoms with Gasteiger partial charge >= 0.3 is 6.36 Å². The van der Waals surface area contributed by atoms with Gasteiger partial charge in [-0.05, 0) is 18.6 Å². The van der Waals surface area contributed by atoms with Gasteiger partial charge < -0.3 is 16.2 Å². The van der Waals surface area contributed by atoms with Crippen molar-refractivity contribution in [1.29, 1.82) is 0 Å². The van der Waals surface area contributed by atoms with Crippen LogP contribution >= 0.6 is 0 Å². The van der Waals surface area contributed by atoms with Gasteiger partial charge in [0.25, 0.3) is 0 Å². The normalized spacial score (nSPS) is 11.5. The summed E-state index contributed by atoms with van der Waals surface area (Å²) >= 11 is 0. The van der Waals surface area contributed by atoms with Crippen molar-refractivity contribution in [3.63, 3.8) is 0 Å². The van der Waals surface area contributed by atoms with E-state index in [0.717, 1.165) is 0 Å². The van der Waals surface area contributed by atoms with E-state index in [4.69, 9.17) is 11.5 Å². The van der Waals surface area contributed by atoms with Crippen molar-refractivity contribution < 1.29 is 17.9 Å². The number of alkyl halides is 3. The number of hydrogen-bond donors (Lipinski definition) is 2. The SMILES string of the molecule is Cc1cc(CN)nc(N)c1OC(F)(F)F. The molecule has 0 aromatic carbocycles. The summed E-state index contributed by atoms with van der Waals surface area (Å²) in [4.78, 5) is 3.66. The highest BCUT2D eigenvalue weighted by Gasteiger charge is 2.33. The number of nitrogen functional groups attached to an aromatic ring is 1. The van der Waals surface area contributed by atoms with Crippen LogP contribution in [0.2, 0.25) is 0 Å². The Morgan fingerprint density at radius 1 is 1.47 bits per heavy atom. The highest BCUT2D eigenvalue weighted by atomic mass is 19.4. The molecule has 0 saturated heterocycles. The molecule has 84 valence electrons. The fourth-order valence-corrected chi connectivity index (χ4v) is 1.11. The van der Waals surface area contributed by atoms with E-state index in [-0.39, 0.29) is 17.9 Å². The zero-order valence-electron chi connectivity index (χ0n) is 7.93. The Hall–Kier alpha value is -1.50. The molecule has 1 heterocycles. The Labute approximate surface area is 84.0 Å². The molecule has 0 amide bonds. The Morgan fingerprint density at radius 2 is 2.07 bits per heavy atom. The van der Waals surface area contributed by atoms with Gasteiger partial charge in [-0.2, -0.15) is 0 Å². The van der Waals surface area contributed by atoms with Crippen LogP contribution in [0.4, 0.5) is 19.0 Å². The molecule has 0 spiro atoms. The van der Waals surface area contributed by atoms with Crippen molar-refractivity contribution in [2.24, 2.45) is 5.73 Å². The molecule has 0 radical (unpaired) electrons. The lowest BCUT2D eigenvalue weighted by Gasteiger charge is -2.13. The summed E-state index contributed by atoms with van der Waals surface area (Å²) in [6.45, 7) is 1.55. The zero-order valence-corrected chi connectivity index (χ0v) is 7.93. The van der Waals surface area contributed by atoms with Gasteiger partial charge in [-0.1, -0.05) is 0 Å². The first-order valence-electron chi connectivity index (χ1n) is 4.05. The molecular weight excluding hydrogens is 211 g/mol. The second-order valence-corrected chi connectivity index (χ2v) is 2.90. The second kappa shape index (κ2) is 3.93. The average molecular weight is 221 g/mol. The molecule has 0 atom stereocenters. The summed E-state index contributed by atoms with van der Waals surface area (Å²) < 4.78 is 39.6. The molecule has 15 heavy (non-hydrogen) atoms. The lowest BCUT2D eigenvalue weighted by Crippen LogP contribution is -2.19. The largest absolute Gasteiger partial charge is 0.573 e. The minimum atomic E-state index is -4.77. The molecule has 1 rings (SSSR count). The number of nitrogens with zero attached hydrogens (tertiary/aromatic N) is 1. The maximum atomic E-state index is 12.0. The van der Waals surface area contributed by atoms with E-state index in [1.165, 1.54) is 13.0 Å². The molecule has 0 saturated carbocycles. The Bertz CT molecular complexity index is 342. The van der Waals surface area contributed by atoms with Gasteiger partial charge in [-0.25, -0.2) is 4.98 Å². The molecule has 0 aliphatic rings. The van der Waals surface area contributed by atoms with Gasteiger partial charge in [0.1, 0.15) is 0 Å². The van der Waals surface area contributed by atoms with Crippen molar-refractivity contribution in [2.45, 2.75) is 19.8 Å². The highest BCUT2D eigenvalue weighted by molar-refractivity contribution is 5.51. The van der Waals surface area contributed by atoms with Crippen molar-refractivity contribution in [3.8, 4) is 5.75 Å². The van der Waals surface area contributed by atoms with Crippen LogP contribution in [0, 0.1) is 6.92 Å². The van der Waals surface area contributed by atoms with Gasteiger partial charge in [-0.15, -0.1) is 13.2 Å². The zero-order chi connectivity index (χ0) is 11.6. The van der Waals surface area contributed by atoms with E-state index in [0.29, 0.717) is 5.69 Å². The van der Waals surface area contributed by atoms with E-state index in [1.54, 1.807) is 0 Å². The second-order valence-electron chi connectivity index (χ2n) is 2.90. The summed E-state index contributed by atoms with van der Waals surface area (Å²) in [5, 5.41) is 0. The predicted molar refractivity (Wildman–Crippen MR) is 48.0 cm³/mol. The maximum Gasteiger partial charge on any atom is 0.573 e. The summed E-state index contributed by atoms with van der Waals surface area (Å²) in [7, 11) is 0. The number of aromatic nitrogens is 1. The number of anilines is 1. The lowest BCUT2D eigenvalue weighted by atomic mass is 10.2. The third-order valence-corrected chi connectivity index (χ3v) is 1.66. The van der Waals surface area contributed by atoms with Crippen LogP contribution in [0.1, 0.15) is 11.3 Å². The summed E-state index contributed by atoms with van der Waals surface area (Å²) in [5.41, 5.74) is 11.3. The van der Waals surface area contributed by atoms with Crippen molar-refractivity contribution >= 4 is 5.82 Å². The van der Waals surface area contributed by atoms with E-state index < -0.39 is 12.1 Å². The molecular formula is C8H10F3N3O. The lowest BCUT2D eigenvalue weighted by molar-refractivity contribution is -0.274. The highest BCUT2D eigenvalue weighted by Crippen LogP contribution is 2.30. The van der Waals surface area contributed by atoms with Crippen molar-refractivity contribution in [2.75, 3.05) is 5.73 Å². The molecule has 0 fully saturated rings. The Kier molecular flexibility index (Phi) is 3.04. The average Bonchev–Trinajstić information content (AvgIpc) is 2.09. The first-order chi connectivity index (χ1) is 6.83. The molecule has 4 N–H and O–H groups in total. The first-order valence-corrected chi connectivity index (χ1v) is 4.05. The summed E-state index contributed by atoms with van der Waals surface area (Å²) in [6.07, 6.45) is -4.77. The number of nitrogens with two attached hydrogens (primary N) is 2. The van der Waals surface area contributed by atoms with Crippen molar-refractivity contribution in [3.05, 3.63) is 17.3 Å². The fraction of sp³-hybridized carbons (Fsp3) is 0.375. The van der Waals surface area contributed by atoms with Gasteiger partial charge in [-0.3, -0.25) is 0 Å². The number of pyridine rings is 1. The number of rotatable bonds is 2. The van der Waals surface area contributed by atoms with Gasteiger partial charge in [0.15, 0.2) is 11.6 Å². The number of ether oxygens (including phenoxy) is 1. The van der Waals surface area contributed by atoms with E-state index in [2.05, 4.69) is 9.72 Å². The predicted octanol–water partition coefficient (Wildman–Crippen LogP) is 1.33. The van der Waals surface area contributed by atoms with E-state index >= 15 is 0 Å². The van der Waals surface area contributed by atoms with Crippen molar-refractivity contribution in [1.82, 2.24) is 4.98 Å². The van der Waals surface area contributed by atoms with E-state index in [9.17, 15) is 13.2 Å². The smallest absolute Gasteiger partial charge is 0.402 e. The minimum absolute atomic E-state index is 0.108. The van der Waals surface area contributed by atoms with Crippen LogP contribution in [0.25, 0.3) is 0 Å². The van der Waals surface area contributed by atoms with E-state index in [1.807, 2.05) is 0 Å². The molecule has 4 nitrogen and oxygen atoms in total. The van der Waals surface area contributed by atoms with Crippen LogP contribution in [0.5, 0.6) is 5.75 Å². The topological polar surface area (TPSA) is 74.2 Å². The molecule has 0 unspecified atom stereocenters. The fourth-order valence-electron chi connectivity index (χ4n) is 1.11. The number of halogens is 3. The minimum Gasteiger partial charge on any atom is -0.402 e. The molecule has 1 aromatic heterocycles. The van der Waals surface area contributed by atoms with Crippen LogP contribution in [0.3, 0.4) is 0 Å². The van der Waals surface area contributed by atoms with Gasteiger partial charge in [0, 0.05) is 6.54 Å². The van der Waals surface area contributed by atoms with Gasteiger partial charge in [0.05, 0.1) is 5.69 Å². The first kappa shape index (κ1) is 11.6. The Balaban J connectivity index is 3.09. The van der Waals surface area contributed by atoms with Crippen LogP contribution < -0.4 is 16.2 Å². The molecule has 0 bridgehead atoms. The summed E-state index contributed by atoms with van der Waals surface area (Å²) in [6, 6.07) is 1.40. The van der Waals surface area contributed by atoms with Crippen LogP contribution in [-0.4, -0.2) is 11.3 Å². The van der Waals surface area contributed by atoms with Crippen LogP contribution in [-0.2, 0) is 6.54 Å². The molecule has 0 aliphatic heterocycles. The monoisotopic (exact) mass is 221 g/mol. The molecule has 0 aliphatic carbocycles. The Morgan fingerprint density at radius 3 is 2.47 bits per heavy atom. The number of aryl methyl sites for hydroxylation is 1. The third kappa shape index (κ3) is 2.98. The quantitative estimate of drug-likeness (QED) is 0.790. The third-order valence-electron chi connectivity index (χ3n) is 1.66. The summed E-state index contributed by atoms with van der Waals surface area (Å²) in [5.74, 6) is -0.785. The number of hydrogen-bond acceptors (Lipinski definition) is 4. The maximum absolute atomic E-state index is 12.0. The van der Waals surface area contributed by atoms with Gasteiger partial charge in [0.2, 0.25) is 0 Å². The standard InChI is InChI=1S/C8H10F3N3O/c1-4-2-5(3-12)14-7(13)6(4)15-8(9,10)11/h2H,3,12H2,1H3,(H2,13,14). The molecule has 7 heteroatoms. The molecule has 1 aromatic rings. The van der Waals surface area contributed by atoms with Crippen LogP contribution in [0.15, 0.2) is 6.07 Å².